The first kappa shape index (κ1) is 14.8. The number of benzene rings is 1. The van der Waals surface area contributed by atoms with Gasteiger partial charge in [0, 0.05) is 31.7 Å². The van der Waals surface area contributed by atoms with Crippen molar-refractivity contribution in [2.75, 3.05) is 31.1 Å². The molecular formula is C16H21N3O3. The van der Waals surface area contributed by atoms with Gasteiger partial charge >= 0.3 is 0 Å². The third-order valence-electron chi connectivity index (χ3n) is 4.08. The Morgan fingerprint density at radius 3 is 2.91 bits per heavy atom. The molecule has 1 aromatic rings. The minimum absolute atomic E-state index is 0.0324. The lowest BCUT2D eigenvalue weighted by atomic mass is 10.2. The summed E-state index contributed by atoms with van der Waals surface area (Å²) in [5, 5.41) is 5.56. The normalized spacial score (nSPS) is 24.9. The molecule has 0 radical (unpaired) electrons. The van der Waals surface area contributed by atoms with Crippen molar-refractivity contribution in [2.24, 2.45) is 0 Å². The van der Waals surface area contributed by atoms with E-state index in [1.54, 1.807) is 0 Å². The van der Waals surface area contributed by atoms with Gasteiger partial charge in [0.1, 0.15) is 6.04 Å². The van der Waals surface area contributed by atoms with Crippen molar-refractivity contribution in [3.63, 3.8) is 0 Å². The quantitative estimate of drug-likeness (QED) is 0.838. The van der Waals surface area contributed by atoms with E-state index >= 15 is 0 Å². The van der Waals surface area contributed by atoms with Crippen LogP contribution in [-0.2, 0) is 14.3 Å². The highest BCUT2D eigenvalue weighted by Crippen LogP contribution is 2.16. The maximum Gasteiger partial charge on any atom is 0.242 e. The number of hydrogen-bond donors (Lipinski definition) is 2. The molecular weight excluding hydrogens is 282 g/mol. The lowest BCUT2D eigenvalue weighted by molar-refractivity contribution is -0.126. The molecule has 0 aliphatic carbocycles. The molecule has 0 saturated carbocycles. The first-order chi connectivity index (χ1) is 10.7. The van der Waals surface area contributed by atoms with Crippen LogP contribution in [0.2, 0.25) is 0 Å². The van der Waals surface area contributed by atoms with Crippen LogP contribution < -0.4 is 15.5 Å². The molecule has 22 heavy (non-hydrogen) atoms. The van der Waals surface area contributed by atoms with Gasteiger partial charge in [-0.2, -0.15) is 0 Å². The Morgan fingerprint density at radius 2 is 2.18 bits per heavy atom. The molecule has 2 saturated heterocycles. The third kappa shape index (κ3) is 3.57. The van der Waals surface area contributed by atoms with Crippen molar-refractivity contribution in [3.05, 3.63) is 30.3 Å². The van der Waals surface area contributed by atoms with Crippen molar-refractivity contribution in [2.45, 2.75) is 25.0 Å². The van der Waals surface area contributed by atoms with Gasteiger partial charge in [-0.1, -0.05) is 18.2 Å². The van der Waals surface area contributed by atoms with Crippen LogP contribution in [0.15, 0.2) is 30.3 Å². The smallest absolute Gasteiger partial charge is 0.242 e. The van der Waals surface area contributed by atoms with Gasteiger partial charge in [0.25, 0.3) is 0 Å². The summed E-state index contributed by atoms with van der Waals surface area (Å²) in [5.41, 5.74) is 1.17. The predicted molar refractivity (Wildman–Crippen MR) is 82.6 cm³/mol. The van der Waals surface area contributed by atoms with Gasteiger partial charge in [-0.05, 0) is 18.6 Å². The maximum absolute atomic E-state index is 12.0. The number of anilines is 1. The standard InChI is InChI=1S/C16H21N3O3/c20-15-7-6-14(18-15)16(21)17-10-13-11-19(8-9-22-13)12-4-2-1-3-5-12/h1-5,13-14H,6-11H2,(H,17,21)(H,18,20). The summed E-state index contributed by atoms with van der Waals surface area (Å²) in [6.45, 7) is 2.72. The molecule has 0 spiro atoms. The monoisotopic (exact) mass is 303 g/mol. The van der Waals surface area contributed by atoms with Crippen LogP contribution in [0.25, 0.3) is 0 Å². The van der Waals surface area contributed by atoms with Crippen molar-refractivity contribution in [1.82, 2.24) is 10.6 Å². The van der Waals surface area contributed by atoms with Gasteiger partial charge in [-0.25, -0.2) is 0 Å². The van der Waals surface area contributed by atoms with Crippen LogP contribution in [0.5, 0.6) is 0 Å². The number of carbonyl (C=O) groups is 2. The zero-order chi connectivity index (χ0) is 15.4. The van der Waals surface area contributed by atoms with E-state index in [2.05, 4.69) is 27.7 Å². The van der Waals surface area contributed by atoms with E-state index in [1.165, 1.54) is 5.69 Å². The molecule has 6 heteroatoms. The number of hydrogen-bond acceptors (Lipinski definition) is 4. The highest BCUT2D eigenvalue weighted by Gasteiger charge is 2.28. The molecule has 2 unspecified atom stereocenters. The Balaban J connectivity index is 1.48. The van der Waals surface area contributed by atoms with Crippen LogP contribution >= 0.6 is 0 Å². The maximum atomic E-state index is 12.0. The third-order valence-corrected chi connectivity index (χ3v) is 4.08. The Morgan fingerprint density at radius 1 is 1.36 bits per heavy atom. The molecule has 2 aliphatic heterocycles. The molecule has 2 aliphatic rings. The van der Waals surface area contributed by atoms with Gasteiger partial charge in [0.05, 0.1) is 12.7 Å². The summed E-state index contributed by atoms with van der Waals surface area (Å²) in [4.78, 5) is 25.4. The number of carbonyl (C=O) groups excluding carboxylic acids is 2. The zero-order valence-electron chi connectivity index (χ0n) is 12.5. The summed E-state index contributed by atoms with van der Waals surface area (Å²) in [6, 6.07) is 9.80. The Hall–Kier alpha value is -2.08. The minimum Gasteiger partial charge on any atom is -0.373 e. The minimum atomic E-state index is -0.388. The van der Waals surface area contributed by atoms with Crippen molar-refractivity contribution in [1.29, 1.82) is 0 Å². The highest BCUT2D eigenvalue weighted by atomic mass is 16.5. The fourth-order valence-corrected chi connectivity index (χ4v) is 2.86. The Kier molecular flexibility index (Phi) is 4.58. The second-order valence-corrected chi connectivity index (χ2v) is 5.68. The number of rotatable bonds is 4. The molecule has 2 amide bonds. The molecule has 3 rings (SSSR count). The summed E-state index contributed by atoms with van der Waals surface area (Å²) in [7, 11) is 0. The topological polar surface area (TPSA) is 70.7 Å². The predicted octanol–water partition coefficient (Wildman–Crippen LogP) is 0.287. The molecule has 0 bridgehead atoms. The summed E-state index contributed by atoms with van der Waals surface area (Å²) in [6.07, 6.45) is 0.974. The highest BCUT2D eigenvalue weighted by molar-refractivity contribution is 5.90. The second kappa shape index (κ2) is 6.79. The Bertz CT molecular complexity index is 535. The first-order valence-corrected chi connectivity index (χ1v) is 7.71. The summed E-state index contributed by atoms with van der Waals surface area (Å²) < 4.78 is 5.72. The Labute approximate surface area is 129 Å². The molecule has 0 aromatic heterocycles. The van der Waals surface area contributed by atoms with E-state index in [4.69, 9.17) is 4.74 Å². The van der Waals surface area contributed by atoms with Crippen LogP contribution in [0.3, 0.4) is 0 Å². The van der Waals surface area contributed by atoms with Gasteiger partial charge in [0.15, 0.2) is 0 Å². The van der Waals surface area contributed by atoms with E-state index < -0.39 is 0 Å². The van der Waals surface area contributed by atoms with E-state index in [0.29, 0.717) is 26.0 Å². The number of nitrogens with one attached hydrogen (secondary N) is 2. The SMILES string of the molecule is O=C1CCC(C(=O)NCC2CN(c3ccccc3)CCO2)N1. The molecule has 2 atom stereocenters. The van der Waals surface area contributed by atoms with Gasteiger partial charge < -0.3 is 20.3 Å². The van der Waals surface area contributed by atoms with Crippen LogP contribution in [0.1, 0.15) is 12.8 Å². The van der Waals surface area contributed by atoms with Crippen molar-refractivity contribution >= 4 is 17.5 Å². The second-order valence-electron chi connectivity index (χ2n) is 5.68. The van der Waals surface area contributed by atoms with E-state index in [9.17, 15) is 9.59 Å². The van der Waals surface area contributed by atoms with E-state index in [1.807, 2.05) is 18.2 Å². The molecule has 2 heterocycles. The first-order valence-electron chi connectivity index (χ1n) is 7.71. The summed E-state index contributed by atoms with van der Waals surface area (Å²) >= 11 is 0. The number of ether oxygens (including phenoxy) is 1. The fourth-order valence-electron chi connectivity index (χ4n) is 2.86. The summed E-state index contributed by atoms with van der Waals surface area (Å²) in [5.74, 6) is -0.171. The average Bonchev–Trinajstić information content (AvgIpc) is 3.00. The van der Waals surface area contributed by atoms with Gasteiger partial charge in [-0.3, -0.25) is 9.59 Å². The molecule has 6 nitrogen and oxygen atoms in total. The van der Waals surface area contributed by atoms with Gasteiger partial charge in [0.2, 0.25) is 11.8 Å². The van der Waals surface area contributed by atoms with Crippen LogP contribution in [0.4, 0.5) is 5.69 Å². The molecule has 2 fully saturated rings. The molecule has 2 N–H and O–H groups in total. The molecule has 118 valence electrons. The largest absolute Gasteiger partial charge is 0.373 e. The van der Waals surface area contributed by atoms with Crippen molar-refractivity contribution in [3.8, 4) is 0 Å². The lowest BCUT2D eigenvalue weighted by Gasteiger charge is -2.34. The average molecular weight is 303 g/mol. The molecule has 1 aromatic carbocycles. The van der Waals surface area contributed by atoms with Crippen molar-refractivity contribution < 1.29 is 14.3 Å². The fraction of sp³-hybridized carbons (Fsp3) is 0.500. The van der Waals surface area contributed by atoms with Gasteiger partial charge in [-0.15, -0.1) is 0 Å². The number of nitrogens with zero attached hydrogens (tertiary/aromatic N) is 1. The number of amides is 2. The number of para-hydroxylation sites is 1. The zero-order valence-corrected chi connectivity index (χ0v) is 12.5. The van der Waals surface area contributed by atoms with E-state index in [0.717, 1.165) is 13.1 Å². The van der Waals surface area contributed by atoms with E-state index in [-0.39, 0.29) is 24.0 Å². The van der Waals surface area contributed by atoms with Crippen LogP contribution in [0, 0.1) is 0 Å². The van der Waals surface area contributed by atoms with Crippen LogP contribution in [-0.4, -0.2) is 50.2 Å². The number of morpholine rings is 1. The lowest BCUT2D eigenvalue weighted by Crippen LogP contribution is -2.50.